The Morgan fingerprint density at radius 1 is 1.35 bits per heavy atom. The first-order chi connectivity index (χ1) is 9.63. The summed E-state index contributed by atoms with van der Waals surface area (Å²) in [6, 6.07) is 0. The Morgan fingerprint density at radius 2 is 2.20 bits per heavy atom. The number of aryl methyl sites for hydroxylation is 1. The molecule has 1 aliphatic rings. The van der Waals surface area contributed by atoms with Crippen molar-refractivity contribution in [2.24, 2.45) is 0 Å². The number of aromatic nitrogens is 2. The summed E-state index contributed by atoms with van der Waals surface area (Å²) in [5, 5.41) is 3.35. The molecule has 20 heavy (non-hydrogen) atoms. The molecule has 2 aromatic heterocycles. The lowest BCUT2D eigenvalue weighted by Gasteiger charge is -2.17. The third-order valence-electron chi connectivity index (χ3n) is 3.73. The minimum Gasteiger partial charge on any atom is -0.474 e. The number of nitrogens with zero attached hydrogens (tertiary/aromatic N) is 3. The van der Waals surface area contributed by atoms with Crippen LogP contribution in [0.4, 0.5) is 0 Å². The Kier molecular flexibility index (Phi) is 4.10. The molecule has 0 amide bonds. The van der Waals surface area contributed by atoms with Crippen LogP contribution >= 0.6 is 22.9 Å². The second-order valence-electron chi connectivity index (χ2n) is 5.37. The van der Waals surface area contributed by atoms with Crippen LogP contribution in [0.2, 0.25) is 5.28 Å². The molecule has 4 nitrogen and oxygen atoms in total. The van der Waals surface area contributed by atoms with Crippen LogP contribution in [0.3, 0.4) is 0 Å². The molecule has 0 aliphatic carbocycles. The van der Waals surface area contributed by atoms with Crippen molar-refractivity contribution < 1.29 is 4.74 Å². The first-order valence-electron chi connectivity index (χ1n) is 6.90. The molecule has 0 spiro atoms. The monoisotopic (exact) mass is 311 g/mol. The fourth-order valence-electron chi connectivity index (χ4n) is 2.59. The van der Waals surface area contributed by atoms with Crippen LogP contribution in [0.1, 0.15) is 24.8 Å². The summed E-state index contributed by atoms with van der Waals surface area (Å²) in [7, 11) is 2.16. The fourth-order valence-corrected chi connectivity index (χ4v) is 3.71. The SMILES string of the molecule is Cc1csc2nc(Cl)nc(OC3CCCN(C)CC3)c12. The first-order valence-corrected chi connectivity index (χ1v) is 8.16. The third kappa shape index (κ3) is 2.90. The molecular weight excluding hydrogens is 294 g/mol. The topological polar surface area (TPSA) is 38.3 Å². The van der Waals surface area contributed by atoms with Crippen LogP contribution in [0, 0.1) is 6.92 Å². The van der Waals surface area contributed by atoms with Crippen LogP contribution in [-0.4, -0.2) is 41.1 Å². The molecule has 6 heteroatoms. The lowest BCUT2D eigenvalue weighted by molar-refractivity contribution is 0.178. The van der Waals surface area contributed by atoms with Gasteiger partial charge >= 0.3 is 0 Å². The van der Waals surface area contributed by atoms with Crippen molar-refractivity contribution in [3.05, 3.63) is 16.2 Å². The Labute approximate surface area is 127 Å². The molecule has 108 valence electrons. The quantitative estimate of drug-likeness (QED) is 0.795. The van der Waals surface area contributed by atoms with Crippen molar-refractivity contribution in [2.75, 3.05) is 20.1 Å². The Hall–Kier alpha value is -0.910. The Morgan fingerprint density at radius 3 is 3.05 bits per heavy atom. The molecule has 1 saturated heterocycles. The van der Waals surface area contributed by atoms with Gasteiger partial charge in [-0.3, -0.25) is 0 Å². The predicted octanol–water partition coefficient (Wildman–Crippen LogP) is 3.52. The van der Waals surface area contributed by atoms with Gasteiger partial charge in [-0.05, 0) is 62.3 Å². The number of thiophene rings is 1. The van der Waals surface area contributed by atoms with Gasteiger partial charge in [0.1, 0.15) is 10.9 Å². The molecule has 0 N–H and O–H groups in total. The summed E-state index contributed by atoms with van der Waals surface area (Å²) in [4.78, 5) is 11.8. The molecule has 0 saturated carbocycles. The minimum absolute atomic E-state index is 0.216. The zero-order valence-electron chi connectivity index (χ0n) is 11.7. The molecule has 3 heterocycles. The first kappa shape index (κ1) is 14.0. The summed E-state index contributed by atoms with van der Waals surface area (Å²) < 4.78 is 6.16. The van der Waals surface area contributed by atoms with E-state index in [-0.39, 0.29) is 11.4 Å². The van der Waals surface area contributed by atoms with Gasteiger partial charge < -0.3 is 9.64 Å². The molecule has 0 radical (unpaired) electrons. The van der Waals surface area contributed by atoms with Crippen molar-refractivity contribution in [1.29, 1.82) is 0 Å². The maximum Gasteiger partial charge on any atom is 0.227 e. The molecule has 1 aliphatic heterocycles. The van der Waals surface area contributed by atoms with Crippen LogP contribution in [0.5, 0.6) is 5.88 Å². The molecule has 0 bridgehead atoms. The summed E-state index contributed by atoms with van der Waals surface area (Å²) >= 11 is 7.59. The average molecular weight is 312 g/mol. The number of rotatable bonds is 2. The minimum atomic E-state index is 0.216. The lowest BCUT2D eigenvalue weighted by atomic mass is 10.1. The number of halogens is 1. The highest BCUT2D eigenvalue weighted by Crippen LogP contribution is 2.33. The zero-order chi connectivity index (χ0) is 14.1. The van der Waals surface area contributed by atoms with Crippen LogP contribution in [0.25, 0.3) is 10.2 Å². The van der Waals surface area contributed by atoms with E-state index in [0.717, 1.165) is 48.1 Å². The van der Waals surface area contributed by atoms with Crippen molar-refractivity contribution in [3.63, 3.8) is 0 Å². The van der Waals surface area contributed by atoms with Gasteiger partial charge in [0.15, 0.2) is 0 Å². The predicted molar refractivity (Wildman–Crippen MR) is 82.9 cm³/mol. The molecular formula is C14H18ClN3OS. The van der Waals surface area contributed by atoms with Gasteiger partial charge in [-0.15, -0.1) is 11.3 Å². The van der Waals surface area contributed by atoms with Crippen LogP contribution in [-0.2, 0) is 0 Å². The summed E-state index contributed by atoms with van der Waals surface area (Å²) in [5.41, 5.74) is 1.16. The summed E-state index contributed by atoms with van der Waals surface area (Å²) in [5.74, 6) is 0.647. The van der Waals surface area contributed by atoms with E-state index in [1.54, 1.807) is 11.3 Å². The van der Waals surface area contributed by atoms with Gasteiger partial charge in [-0.25, -0.2) is 4.98 Å². The van der Waals surface area contributed by atoms with E-state index >= 15 is 0 Å². The van der Waals surface area contributed by atoms with Gasteiger partial charge in [0.2, 0.25) is 11.2 Å². The maximum absolute atomic E-state index is 6.16. The molecule has 1 fully saturated rings. The van der Waals surface area contributed by atoms with E-state index in [9.17, 15) is 0 Å². The summed E-state index contributed by atoms with van der Waals surface area (Å²) in [6.07, 6.45) is 3.47. The van der Waals surface area contributed by atoms with Crippen molar-refractivity contribution in [1.82, 2.24) is 14.9 Å². The smallest absolute Gasteiger partial charge is 0.227 e. The number of likely N-dealkylation sites (tertiary alicyclic amines) is 1. The van der Waals surface area contributed by atoms with Gasteiger partial charge in [-0.2, -0.15) is 4.98 Å². The number of hydrogen-bond acceptors (Lipinski definition) is 5. The van der Waals surface area contributed by atoms with Gasteiger partial charge in [0.25, 0.3) is 0 Å². The second-order valence-corrected chi connectivity index (χ2v) is 6.57. The van der Waals surface area contributed by atoms with Crippen molar-refractivity contribution >= 4 is 33.2 Å². The van der Waals surface area contributed by atoms with Crippen LogP contribution in [0.15, 0.2) is 5.38 Å². The molecule has 1 atom stereocenters. The Balaban J connectivity index is 1.88. The van der Waals surface area contributed by atoms with E-state index in [0.29, 0.717) is 5.88 Å². The van der Waals surface area contributed by atoms with E-state index in [1.165, 1.54) is 0 Å². The van der Waals surface area contributed by atoms with Crippen molar-refractivity contribution in [3.8, 4) is 5.88 Å². The van der Waals surface area contributed by atoms with Crippen LogP contribution < -0.4 is 4.74 Å². The average Bonchev–Trinajstić information content (AvgIpc) is 2.64. The van der Waals surface area contributed by atoms with Gasteiger partial charge in [0.05, 0.1) is 5.39 Å². The number of fused-ring (bicyclic) bond motifs is 1. The highest BCUT2D eigenvalue weighted by Gasteiger charge is 2.20. The molecule has 3 rings (SSSR count). The molecule has 1 unspecified atom stereocenters. The second kappa shape index (κ2) is 5.84. The third-order valence-corrected chi connectivity index (χ3v) is 4.89. The highest BCUT2D eigenvalue weighted by atomic mass is 35.5. The normalized spacial score (nSPS) is 21.1. The number of hydrogen-bond donors (Lipinski definition) is 0. The van der Waals surface area contributed by atoms with E-state index < -0.39 is 0 Å². The lowest BCUT2D eigenvalue weighted by Crippen LogP contribution is -2.22. The Bertz CT molecular complexity index is 616. The highest BCUT2D eigenvalue weighted by molar-refractivity contribution is 7.17. The summed E-state index contributed by atoms with van der Waals surface area (Å²) in [6.45, 7) is 4.26. The molecule has 2 aromatic rings. The molecule has 0 aromatic carbocycles. The largest absolute Gasteiger partial charge is 0.474 e. The van der Waals surface area contributed by atoms with E-state index in [1.807, 2.05) is 0 Å². The van der Waals surface area contributed by atoms with E-state index in [2.05, 4.69) is 34.2 Å². The van der Waals surface area contributed by atoms with Gasteiger partial charge in [-0.1, -0.05) is 0 Å². The van der Waals surface area contributed by atoms with E-state index in [4.69, 9.17) is 16.3 Å². The fraction of sp³-hybridized carbons (Fsp3) is 0.571. The maximum atomic E-state index is 6.16. The standard InChI is InChI=1S/C14H18ClN3OS/c1-9-8-20-13-11(9)12(16-14(15)17-13)19-10-4-3-6-18(2)7-5-10/h8,10H,3-7H2,1-2H3. The van der Waals surface area contributed by atoms with Crippen molar-refractivity contribution in [2.45, 2.75) is 32.3 Å². The zero-order valence-corrected chi connectivity index (χ0v) is 13.3. The number of ether oxygens (including phenoxy) is 1. The van der Waals surface area contributed by atoms with Gasteiger partial charge in [0, 0.05) is 6.54 Å².